The smallest absolute Gasteiger partial charge is 0.283 e. The van der Waals surface area contributed by atoms with E-state index in [0.717, 1.165) is 27.7 Å². The van der Waals surface area contributed by atoms with E-state index in [0.29, 0.717) is 23.1 Å². The molecule has 2 heterocycles. The van der Waals surface area contributed by atoms with Gasteiger partial charge in [0.25, 0.3) is 5.91 Å². The molecule has 6 heteroatoms. The number of primary amides is 1. The number of aryl methyl sites for hydroxylation is 2. The lowest BCUT2D eigenvalue weighted by Gasteiger charge is -2.01. The largest absolute Gasteiger partial charge is 0.491 e. The molecule has 0 unspecified atom stereocenters. The summed E-state index contributed by atoms with van der Waals surface area (Å²) in [6, 6.07) is 15.3. The number of oxazole rings is 1. The average Bonchev–Trinajstić information content (AvgIpc) is 3.26. The van der Waals surface area contributed by atoms with Crippen molar-refractivity contribution in [2.45, 2.75) is 13.8 Å². The summed E-state index contributed by atoms with van der Waals surface area (Å²) >= 11 is 0. The van der Waals surface area contributed by atoms with Gasteiger partial charge in [-0.05, 0) is 49.8 Å². The molecule has 146 valence electrons. The van der Waals surface area contributed by atoms with Gasteiger partial charge in [0.2, 0.25) is 5.89 Å². The highest BCUT2D eigenvalue weighted by Gasteiger charge is 2.20. The number of carbonyl (C=O) groups is 1. The van der Waals surface area contributed by atoms with Crippen molar-refractivity contribution in [3.8, 4) is 22.9 Å². The molecule has 0 fully saturated rings. The lowest BCUT2D eigenvalue weighted by atomic mass is 10.1. The van der Waals surface area contributed by atoms with Crippen LogP contribution in [0, 0.1) is 13.8 Å². The predicted octanol–water partition coefficient (Wildman–Crippen LogP) is 4.84. The van der Waals surface area contributed by atoms with Crippen LogP contribution in [-0.2, 0) is 9.53 Å². The molecule has 2 N–H and O–H groups in total. The van der Waals surface area contributed by atoms with Gasteiger partial charge in [-0.2, -0.15) is 0 Å². The number of hydrogen-bond donors (Lipinski definition) is 1. The highest BCUT2D eigenvalue weighted by Crippen LogP contribution is 2.36. The zero-order chi connectivity index (χ0) is 20.5. The first kappa shape index (κ1) is 18.6. The Morgan fingerprint density at radius 2 is 1.86 bits per heavy atom. The van der Waals surface area contributed by atoms with E-state index in [9.17, 15) is 4.79 Å². The molecule has 1 amide bonds. The van der Waals surface area contributed by atoms with Crippen LogP contribution in [0.15, 0.2) is 63.1 Å². The molecule has 2 aromatic heterocycles. The molecular weight excluding hydrogens is 368 g/mol. The van der Waals surface area contributed by atoms with Crippen LogP contribution in [0.3, 0.4) is 0 Å². The van der Waals surface area contributed by atoms with Crippen LogP contribution in [-0.4, -0.2) is 18.0 Å². The molecule has 0 aliphatic heterocycles. The van der Waals surface area contributed by atoms with Crippen LogP contribution in [0.25, 0.3) is 40.0 Å². The third-order valence-corrected chi connectivity index (χ3v) is 4.75. The van der Waals surface area contributed by atoms with E-state index in [1.165, 1.54) is 7.11 Å². The fourth-order valence-electron chi connectivity index (χ4n) is 3.25. The molecule has 0 radical (unpaired) electrons. The van der Waals surface area contributed by atoms with Gasteiger partial charge in [-0.1, -0.05) is 24.3 Å². The van der Waals surface area contributed by atoms with Crippen molar-refractivity contribution in [3.63, 3.8) is 0 Å². The number of furan rings is 1. The zero-order valence-corrected chi connectivity index (χ0v) is 16.4. The molecular formula is C23H20N2O4. The van der Waals surface area contributed by atoms with Gasteiger partial charge in [-0.3, -0.25) is 4.79 Å². The minimum atomic E-state index is -0.621. The molecule has 4 rings (SSSR count). The van der Waals surface area contributed by atoms with Crippen molar-refractivity contribution in [2.75, 3.05) is 7.11 Å². The van der Waals surface area contributed by atoms with Crippen molar-refractivity contribution < 1.29 is 18.4 Å². The fraction of sp³-hybridized carbons (Fsp3) is 0.130. The first-order valence-corrected chi connectivity index (χ1v) is 9.09. The molecule has 29 heavy (non-hydrogen) atoms. The summed E-state index contributed by atoms with van der Waals surface area (Å²) in [5, 5.41) is 0.914. The number of benzene rings is 2. The SMILES string of the molecule is COC(=Cc1ccc2oc(-c3nc(-c4ccccc4)oc3C)c(C)c2c1)C(N)=O. The van der Waals surface area contributed by atoms with Crippen molar-refractivity contribution in [1.82, 2.24) is 4.98 Å². The maximum atomic E-state index is 11.4. The number of ether oxygens (including phenoxy) is 1. The molecule has 4 aromatic rings. The van der Waals surface area contributed by atoms with Crippen LogP contribution in [0.5, 0.6) is 0 Å². The van der Waals surface area contributed by atoms with E-state index in [4.69, 9.17) is 19.3 Å². The summed E-state index contributed by atoms with van der Waals surface area (Å²) in [5.41, 5.74) is 9.33. The third kappa shape index (κ3) is 3.40. The predicted molar refractivity (Wildman–Crippen MR) is 111 cm³/mol. The maximum Gasteiger partial charge on any atom is 0.283 e. The van der Waals surface area contributed by atoms with Gasteiger partial charge in [0.15, 0.2) is 11.5 Å². The fourth-order valence-corrected chi connectivity index (χ4v) is 3.25. The first-order valence-electron chi connectivity index (χ1n) is 9.09. The Hall–Kier alpha value is -3.80. The van der Waals surface area contributed by atoms with Gasteiger partial charge in [-0.25, -0.2) is 4.98 Å². The minimum absolute atomic E-state index is 0.0885. The Kier molecular flexibility index (Phi) is 4.68. The third-order valence-electron chi connectivity index (χ3n) is 4.75. The lowest BCUT2D eigenvalue weighted by Crippen LogP contribution is -2.14. The second kappa shape index (κ2) is 7.31. The molecule has 0 atom stereocenters. The maximum absolute atomic E-state index is 11.4. The van der Waals surface area contributed by atoms with Crippen LogP contribution < -0.4 is 5.73 Å². The Bertz CT molecular complexity index is 1230. The van der Waals surface area contributed by atoms with E-state index in [2.05, 4.69) is 4.98 Å². The summed E-state index contributed by atoms with van der Waals surface area (Å²) in [5.74, 6) is 1.36. The summed E-state index contributed by atoms with van der Waals surface area (Å²) < 4.78 is 17.0. The second-order valence-corrected chi connectivity index (χ2v) is 6.68. The molecule has 2 aromatic carbocycles. The highest BCUT2D eigenvalue weighted by atomic mass is 16.5. The number of methoxy groups -OCH3 is 1. The van der Waals surface area contributed by atoms with Crippen molar-refractivity contribution in [1.29, 1.82) is 0 Å². The Morgan fingerprint density at radius 3 is 2.55 bits per heavy atom. The lowest BCUT2D eigenvalue weighted by molar-refractivity contribution is -0.117. The number of aromatic nitrogens is 1. The van der Waals surface area contributed by atoms with Crippen LogP contribution in [0.2, 0.25) is 0 Å². The summed E-state index contributed by atoms with van der Waals surface area (Å²) in [6.07, 6.45) is 1.60. The Morgan fingerprint density at radius 1 is 1.10 bits per heavy atom. The normalized spacial score (nSPS) is 11.8. The van der Waals surface area contributed by atoms with E-state index in [1.54, 1.807) is 6.08 Å². The van der Waals surface area contributed by atoms with Crippen LogP contribution in [0.1, 0.15) is 16.9 Å². The number of carbonyl (C=O) groups excluding carboxylic acids is 1. The van der Waals surface area contributed by atoms with Crippen molar-refractivity contribution in [3.05, 3.63) is 71.2 Å². The van der Waals surface area contributed by atoms with Gasteiger partial charge in [0.05, 0.1) is 7.11 Å². The van der Waals surface area contributed by atoms with Gasteiger partial charge >= 0.3 is 0 Å². The van der Waals surface area contributed by atoms with E-state index in [1.807, 2.05) is 62.4 Å². The average molecular weight is 388 g/mol. The number of amides is 1. The topological polar surface area (TPSA) is 91.5 Å². The second-order valence-electron chi connectivity index (χ2n) is 6.68. The standard InChI is InChI=1S/C23H20N2O4/c1-13-17-11-15(12-19(27-3)22(24)26)9-10-18(17)29-21(13)20-14(2)28-23(25-20)16-7-5-4-6-8-16/h4-12H,1-3H3,(H2,24,26). The quantitative estimate of drug-likeness (QED) is 0.390. The summed E-state index contributed by atoms with van der Waals surface area (Å²) in [4.78, 5) is 16.1. The van der Waals surface area contributed by atoms with Crippen LogP contribution >= 0.6 is 0 Å². The number of fused-ring (bicyclic) bond motifs is 1. The first-order chi connectivity index (χ1) is 14.0. The van der Waals surface area contributed by atoms with Crippen LogP contribution in [0.4, 0.5) is 0 Å². The van der Waals surface area contributed by atoms with Gasteiger partial charge in [0.1, 0.15) is 17.0 Å². The van der Waals surface area contributed by atoms with Crippen molar-refractivity contribution in [2.24, 2.45) is 5.73 Å². The number of rotatable bonds is 5. The summed E-state index contributed by atoms with van der Waals surface area (Å²) in [6.45, 7) is 3.84. The summed E-state index contributed by atoms with van der Waals surface area (Å²) in [7, 11) is 1.41. The van der Waals surface area contributed by atoms with E-state index >= 15 is 0 Å². The monoisotopic (exact) mass is 388 g/mol. The minimum Gasteiger partial charge on any atom is -0.491 e. The van der Waals surface area contributed by atoms with E-state index in [-0.39, 0.29) is 5.76 Å². The molecule has 6 nitrogen and oxygen atoms in total. The highest BCUT2D eigenvalue weighted by molar-refractivity contribution is 5.96. The van der Waals surface area contributed by atoms with Crippen molar-refractivity contribution >= 4 is 23.0 Å². The molecule has 0 aliphatic carbocycles. The van der Waals surface area contributed by atoms with Gasteiger partial charge in [0, 0.05) is 16.5 Å². The Balaban J connectivity index is 1.79. The zero-order valence-electron chi connectivity index (χ0n) is 16.4. The molecule has 0 bridgehead atoms. The van der Waals surface area contributed by atoms with E-state index < -0.39 is 5.91 Å². The molecule has 0 aliphatic rings. The number of nitrogens with two attached hydrogens (primary N) is 1. The van der Waals surface area contributed by atoms with Gasteiger partial charge in [-0.15, -0.1) is 0 Å². The molecule has 0 saturated heterocycles. The molecule has 0 saturated carbocycles. The molecule has 0 spiro atoms. The number of hydrogen-bond acceptors (Lipinski definition) is 5. The Labute approximate surface area is 167 Å². The van der Waals surface area contributed by atoms with Gasteiger partial charge < -0.3 is 19.3 Å². The number of nitrogens with zero attached hydrogens (tertiary/aromatic N) is 1.